The van der Waals surface area contributed by atoms with Crippen LogP contribution in [0, 0.1) is 0 Å². The van der Waals surface area contributed by atoms with E-state index in [1.807, 2.05) is 65.2 Å². The Kier molecular flexibility index (Phi) is 6.04. The van der Waals surface area contributed by atoms with Gasteiger partial charge in [0.05, 0.1) is 33.1 Å². The third kappa shape index (κ3) is 4.02. The highest BCUT2D eigenvalue weighted by atomic mass is 16.1. The highest BCUT2D eigenvalue weighted by Crippen LogP contribution is 2.42. The van der Waals surface area contributed by atoms with E-state index in [1.165, 1.54) is 0 Å². The summed E-state index contributed by atoms with van der Waals surface area (Å²) in [6.07, 6.45) is 0. The summed E-state index contributed by atoms with van der Waals surface area (Å²) in [4.78, 5) is 25.6. The number of rotatable bonds is 3. The number of nitrogens with zero attached hydrogens (tertiary/aromatic N) is 4. The molecule has 11 aromatic rings. The smallest absolute Gasteiger partial charge is 0.263 e. The summed E-state index contributed by atoms with van der Waals surface area (Å²) in [6.45, 7) is 0. The van der Waals surface area contributed by atoms with Crippen LogP contribution in [-0.2, 0) is 0 Å². The maximum atomic E-state index is 14.7. The van der Waals surface area contributed by atoms with E-state index in [0.717, 1.165) is 87.5 Å². The van der Waals surface area contributed by atoms with Crippen molar-refractivity contribution in [3.05, 3.63) is 180 Å². The van der Waals surface area contributed by atoms with Crippen LogP contribution in [0.3, 0.4) is 0 Å². The van der Waals surface area contributed by atoms with E-state index in [1.54, 1.807) is 0 Å². The van der Waals surface area contributed by atoms with Crippen molar-refractivity contribution in [2.75, 3.05) is 0 Å². The van der Waals surface area contributed by atoms with Crippen molar-refractivity contribution in [1.29, 1.82) is 0 Å². The lowest BCUT2D eigenvalue weighted by atomic mass is 10.00. The zero-order valence-electron chi connectivity index (χ0n) is 27.9. The largest absolute Gasteiger partial charge is 0.277 e. The minimum absolute atomic E-state index is 0.0701. The SMILES string of the molecule is O=c1c2ccc3c4c5ccccc5ccc4n(-c4nc(-c5ccccc5)c5c(ccc6ccccc65)n4)c3c2c2ccccc2n1-c1ccccc1. The van der Waals surface area contributed by atoms with Crippen LogP contribution in [0.4, 0.5) is 0 Å². The number of hydrogen-bond acceptors (Lipinski definition) is 3. The van der Waals surface area contributed by atoms with Crippen molar-refractivity contribution < 1.29 is 0 Å². The molecular weight excluding hydrogens is 637 g/mol. The molecule has 0 bridgehead atoms. The standard InChI is InChI=1S/C47H28N4O/c52-46-37-26-25-36-41-33-19-9-7-14-30(33)24-28-40(41)51(45(36)42(37)35-21-11-12-22-39(35)50(46)32-17-5-2-6-18-32)47-48-38-27-23-29-13-8-10-20-34(29)43(38)44(49-47)31-15-3-1-4-16-31/h1-28H. The van der Waals surface area contributed by atoms with E-state index in [9.17, 15) is 4.79 Å². The molecule has 52 heavy (non-hydrogen) atoms. The molecule has 0 aliphatic rings. The van der Waals surface area contributed by atoms with Crippen LogP contribution in [0.1, 0.15) is 0 Å². The van der Waals surface area contributed by atoms with E-state index < -0.39 is 0 Å². The van der Waals surface area contributed by atoms with Gasteiger partial charge in [-0.3, -0.25) is 13.9 Å². The molecular formula is C47H28N4O. The molecule has 242 valence electrons. The summed E-state index contributed by atoms with van der Waals surface area (Å²) in [7, 11) is 0. The summed E-state index contributed by atoms with van der Waals surface area (Å²) in [5.74, 6) is 0.556. The second kappa shape index (κ2) is 10.9. The lowest BCUT2D eigenvalue weighted by Gasteiger charge is -2.16. The first kappa shape index (κ1) is 28.7. The Morgan fingerprint density at radius 1 is 0.404 bits per heavy atom. The average Bonchev–Trinajstić information content (AvgIpc) is 3.56. The van der Waals surface area contributed by atoms with Crippen LogP contribution >= 0.6 is 0 Å². The van der Waals surface area contributed by atoms with Crippen molar-refractivity contribution in [3.8, 4) is 22.9 Å². The van der Waals surface area contributed by atoms with E-state index in [2.05, 4.69) is 114 Å². The van der Waals surface area contributed by atoms with Crippen LogP contribution in [0.15, 0.2) is 175 Å². The van der Waals surface area contributed by atoms with Crippen molar-refractivity contribution in [3.63, 3.8) is 0 Å². The Balaban J connectivity index is 1.37. The van der Waals surface area contributed by atoms with E-state index in [-0.39, 0.29) is 5.56 Å². The zero-order chi connectivity index (χ0) is 34.3. The molecule has 5 heteroatoms. The predicted octanol–water partition coefficient (Wildman–Crippen LogP) is 11.2. The molecule has 5 nitrogen and oxygen atoms in total. The van der Waals surface area contributed by atoms with Crippen molar-refractivity contribution in [2.45, 2.75) is 0 Å². The average molecular weight is 665 g/mol. The Labute approximate surface area is 297 Å². The minimum atomic E-state index is -0.0701. The zero-order valence-corrected chi connectivity index (χ0v) is 27.9. The summed E-state index contributed by atoms with van der Waals surface area (Å²) in [5.41, 5.74) is 6.23. The lowest BCUT2D eigenvalue weighted by Crippen LogP contribution is -2.19. The number of benzene rings is 8. The van der Waals surface area contributed by atoms with Crippen molar-refractivity contribution >= 4 is 75.9 Å². The molecule has 3 heterocycles. The summed E-state index contributed by atoms with van der Waals surface area (Å²) in [6, 6.07) is 58.1. The van der Waals surface area contributed by atoms with Gasteiger partial charge in [0.1, 0.15) is 0 Å². The van der Waals surface area contributed by atoms with Crippen molar-refractivity contribution in [1.82, 2.24) is 19.1 Å². The fourth-order valence-corrected chi connectivity index (χ4v) is 8.27. The molecule has 0 aliphatic carbocycles. The van der Waals surface area contributed by atoms with Crippen molar-refractivity contribution in [2.24, 2.45) is 0 Å². The second-order valence-electron chi connectivity index (χ2n) is 13.3. The van der Waals surface area contributed by atoms with Gasteiger partial charge >= 0.3 is 0 Å². The molecule has 0 saturated heterocycles. The van der Waals surface area contributed by atoms with Gasteiger partial charge in [-0.25, -0.2) is 9.97 Å². The van der Waals surface area contributed by atoms with Gasteiger partial charge in [-0.2, -0.15) is 0 Å². The number of hydrogen-bond donors (Lipinski definition) is 0. The normalized spacial score (nSPS) is 11.9. The van der Waals surface area contributed by atoms with Crippen LogP contribution in [-0.4, -0.2) is 19.1 Å². The highest BCUT2D eigenvalue weighted by Gasteiger charge is 2.24. The summed E-state index contributed by atoms with van der Waals surface area (Å²) < 4.78 is 4.02. The van der Waals surface area contributed by atoms with Crippen LogP contribution in [0.5, 0.6) is 0 Å². The predicted molar refractivity (Wildman–Crippen MR) is 215 cm³/mol. The van der Waals surface area contributed by atoms with Gasteiger partial charge in [-0.05, 0) is 57.9 Å². The monoisotopic (exact) mass is 664 g/mol. The van der Waals surface area contributed by atoms with Gasteiger partial charge < -0.3 is 0 Å². The van der Waals surface area contributed by atoms with Gasteiger partial charge in [-0.1, -0.05) is 133 Å². The molecule has 0 radical (unpaired) electrons. The number of para-hydroxylation sites is 2. The third-order valence-corrected chi connectivity index (χ3v) is 10.5. The first-order valence-corrected chi connectivity index (χ1v) is 17.5. The summed E-state index contributed by atoms with van der Waals surface area (Å²) in [5, 5.41) is 10.2. The molecule has 11 rings (SSSR count). The Hall–Kier alpha value is -7.11. The van der Waals surface area contributed by atoms with Crippen LogP contribution < -0.4 is 5.56 Å². The minimum Gasteiger partial charge on any atom is -0.277 e. The quantitative estimate of drug-likeness (QED) is 0.177. The maximum absolute atomic E-state index is 14.7. The third-order valence-electron chi connectivity index (χ3n) is 10.5. The Morgan fingerprint density at radius 3 is 1.79 bits per heavy atom. The summed E-state index contributed by atoms with van der Waals surface area (Å²) >= 11 is 0. The van der Waals surface area contributed by atoms with Crippen LogP contribution in [0.25, 0.3) is 98.8 Å². The Bertz CT molecular complexity index is 3310. The molecule has 3 aromatic heterocycles. The topological polar surface area (TPSA) is 52.7 Å². The van der Waals surface area contributed by atoms with Gasteiger partial charge in [0, 0.05) is 38.2 Å². The molecule has 0 unspecified atom stereocenters. The molecule has 8 aromatic carbocycles. The molecule has 0 fully saturated rings. The molecule has 0 spiro atoms. The molecule has 0 aliphatic heterocycles. The Morgan fingerprint density at radius 2 is 1.02 bits per heavy atom. The molecule has 0 saturated carbocycles. The van der Waals surface area contributed by atoms with Gasteiger partial charge in [0.15, 0.2) is 0 Å². The highest BCUT2D eigenvalue weighted by molar-refractivity contribution is 6.29. The molecule has 0 atom stereocenters. The fraction of sp³-hybridized carbons (Fsp3) is 0. The fourth-order valence-electron chi connectivity index (χ4n) is 8.27. The first-order valence-electron chi connectivity index (χ1n) is 17.5. The number of pyridine rings is 1. The molecule has 0 amide bonds. The van der Waals surface area contributed by atoms with E-state index >= 15 is 0 Å². The van der Waals surface area contributed by atoms with Gasteiger partial charge in [-0.15, -0.1) is 0 Å². The lowest BCUT2D eigenvalue weighted by molar-refractivity contribution is 1.02. The first-order chi connectivity index (χ1) is 25.7. The van der Waals surface area contributed by atoms with Crippen LogP contribution in [0.2, 0.25) is 0 Å². The van der Waals surface area contributed by atoms with E-state index in [4.69, 9.17) is 9.97 Å². The molecule has 0 N–H and O–H groups in total. The number of aromatic nitrogens is 4. The second-order valence-corrected chi connectivity index (χ2v) is 13.3. The number of fused-ring (bicyclic) bond motifs is 12. The van der Waals surface area contributed by atoms with Gasteiger partial charge in [0.25, 0.3) is 5.56 Å². The van der Waals surface area contributed by atoms with E-state index in [0.29, 0.717) is 11.3 Å². The maximum Gasteiger partial charge on any atom is 0.263 e. The van der Waals surface area contributed by atoms with Gasteiger partial charge in [0.2, 0.25) is 5.95 Å².